The molecule has 7 heteroatoms. The van der Waals surface area contributed by atoms with Crippen molar-refractivity contribution in [1.82, 2.24) is 5.01 Å². The lowest BCUT2D eigenvalue weighted by Gasteiger charge is -2.17. The van der Waals surface area contributed by atoms with Crippen molar-refractivity contribution >= 4 is 41.8 Å². The number of amides is 1. The van der Waals surface area contributed by atoms with E-state index in [0.717, 1.165) is 5.01 Å². The smallest absolute Gasteiger partial charge is 0.329 e. The van der Waals surface area contributed by atoms with Gasteiger partial charge in [-0.05, 0) is 11.8 Å². The monoisotopic (exact) mass is 312 g/mol. The Morgan fingerprint density at radius 3 is 2.75 bits per heavy atom. The van der Waals surface area contributed by atoms with Crippen LogP contribution in [0.5, 0.6) is 0 Å². The van der Waals surface area contributed by atoms with Crippen LogP contribution in [0.2, 0.25) is 5.02 Å². The summed E-state index contributed by atoms with van der Waals surface area (Å²) in [6.45, 7) is 0. The number of halogens is 1. The molecule has 20 heavy (non-hydrogen) atoms. The Morgan fingerprint density at radius 2 is 2.15 bits per heavy atom. The van der Waals surface area contributed by atoms with Gasteiger partial charge in [0.2, 0.25) is 5.91 Å². The Kier molecular flexibility index (Phi) is 4.67. The van der Waals surface area contributed by atoms with E-state index in [-0.39, 0.29) is 18.7 Å². The number of hydrogen-bond donors (Lipinski definition) is 2. The van der Waals surface area contributed by atoms with Crippen LogP contribution in [0.25, 0.3) is 0 Å². The lowest BCUT2D eigenvalue weighted by atomic mass is 10.0. The van der Waals surface area contributed by atoms with Gasteiger partial charge in [0.15, 0.2) is 6.04 Å². The number of aliphatic carboxylic acids is 1. The molecule has 1 heterocycles. The van der Waals surface area contributed by atoms with Gasteiger partial charge in [0.1, 0.15) is 0 Å². The van der Waals surface area contributed by atoms with E-state index < -0.39 is 12.0 Å². The number of carbonyl (C=O) groups excluding carboxylic acids is 1. The van der Waals surface area contributed by atoms with E-state index in [9.17, 15) is 14.7 Å². The lowest BCUT2D eigenvalue weighted by Crippen LogP contribution is -2.38. The number of carboxylic acid groups (broad SMARTS) is 1. The second kappa shape index (κ2) is 6.28. The van der Waals surface area contributed by atoms with E-state index in [4.69, 9.17) is 11.6 Å². The van der Waals surface area contributed by atoms with Gasteiger partial charge < -0.3 is 5.11 Å². The van der Waals surface area contributed by atoms with Gasteiger partial charge >= 0.3 is 5.97 Å². The molecule has 0 saturated carbocycles. The molecule has 0 saturated heterocycles. The van der Waals surface area contributed by atoms with Crippen LogP contribution in [-0.4, -0.2) is 39.5 Å². The summed E-state index contributed by atoms with van der Waals surface area (Å²) in [5.74, 6) is -1.09. The fourth-order valence-electron chi connectivity index (χ4n) is 2.00. The van der Waals surface area contributed by atoms with Gasteiger partial charge in [0.05, 0.1) is 5.71 Å². The Morgan fingerprint density at radius 1 is 1.45 bits per heavy atom. The number of hydrazone groups is 1. The van der Waals surface area contributed by atoms with Crippen LogP contribution in [0.3, 0.4) is 0 Å². The van der Waals surface area contributed by atoms with Gasteiger partial charge in [-0.15, -0.1) is 0 Å². The molecular formula is C13H13ClN2O3S. The molecular weight excluding hydrogens is 300 g/mol. The molecule has 106 valence electrons. The van der Waals surface area contributed by atoms with Crippen LogP contribution in [-0.2, 0) is 9.59 Å². The Hall–Kier alpha value is -1.53. The number of rotatable bonds is 4. The molecule has 1 aliphatic heterocycles. The molecule has 0 radical (unpaired) electrons. The van der Waals surface area contributed by atoms with Gasteiger partial charge in [-0.3, -0.25) is 4.79 Å². The Balaban J connectivity index is 2.32. The van der Waals surface area contributed by atoms with Crippen molar-refractivity contribution in [2.24, 2.45) is 5.10 Å². The highest BCUT2D eigenvalue weighted by molar-refractivity contribution is 7.80. The maximum Gasteiger partial charge on any atom is 0.329 e. The summed E-state index contributed by atoms with van der Waals surface area (Å²) >= 11 is 10.1. The normalized spacial score (nSPS) is 18.0. The molecule has 0 aliphatic carbocycles. The van der Waals surface area contributed by atoms with E-state index in [0.29, 0.717) is 22.1 Å². The molecule has 1 aliphatic rings. The first-order valence-corrected chi connectivity index (χ1v) is 7.03. The molecule has 1 unspecified atom stereocenters. The number of carboxylic acids is 1. The molecule has 0 spiro atoms. The average Bonchev–Trinajstić information content (AvgIpc) is 2.84. The predicted octanol–water partition coefficient (Wildman–Crippen LogP) is 2.05. The fourth-order valence-corrected chi connectivity index (χ4v) is 2.44. The van der Waals surface area contributed by atoms with Crippen LogP contribution in [0, 0.1) is 0 Å². The minimum atomic E-state index is -1.08. The van der Waals surface area contributed by atoms with Crippen molar-refractivity contribution in [3.05, 3.63) is 34.9 Å². The van der Waals surface area contributed by atoms with Crippen LogP contribution in [0.4, 0.5) is 0 Å². The highest BCUT2D eigenvalue weighted by atomic mass is 35.5. The molecule has 1 N–H and O–H groups in total. The lowest BCUT2D eigenvalue weighted by molar-refractivity contribution is -0.148. The molecule has 0 fully saturated rings. The van der Waals surface area contributed by atoms with Gasteiger partial charge in [-0.25, -0.2) is 9.80 Å². The van der Waals surface area contributed by atoms with Crippen LogP contribution in [0.15, 0.2) is 29.4 Å². The minimum absolute atomic E-state index is 0.145. The molecule has 0 aromatic heterocycles. The molecule has 1 aromatic rings. The number of thiol groups is 1. The SMILES string of the molecule is O=C(O)C1CC(c2ccccc2Cl)=NN1C(=O)CCS. The third-order valence-corrected chi connectivity index (χ3v) is 3.51. The van der Waals surface area contributed by atoms with Crippen molar-refractivity contribution < 1.29 is 14.7 Å². The van der Waals surface area contributed by atoms with Gasteiger partial charge in [-0.1, -0.05) is 29.8 Å². The zero-order chi connectivity index (χ0) is 14.7. The maximum atomic E-state index is 11.9. The predicted molar refractivity (Wildman–Crippen MR) is 79.3 cm³/mol. The summed E-state index contributed by atoms with van der Waals surface area (Å²) in [6, 6.07) is 6.05. The van der Waals surface area contributed by atoms with Gasteiger partial charge in [0.25, 0.3) is 0 Å². The first-order chi connectivity index (χ1) is 9.54. The van der Waals surface area contributed by atoms with Crippen LogP contribution < -0.4 is 0 Å². The van der Waals surface area contributed by atoms with Gasteiger partial charge in [-0.2, -0.15) is 17.7 Å². The van der Waals surface area contributed by atoms with E-state index in [1.807, 2.05) is 0 Å². The topological polar surface area (TPSA) is 70.0 Å². The number of hydrogen-bond acceptors (Lipinski definition) is 4. The van der Waals surface area contributed by atoms with Crippen molar-refractivity contribution in [3.63, 3.8) is 0 Å². The average molecular weight is 313 g/mol. The first-order valence-electron chi connectivity index (χ1n) is 6.02. The summed E-state index contributed by atoms with van der Waals surface area (Å²) in [7, 11) is 0. The van der Waals surface area contributed by atoms with Crippen molar-refractivity contribution in [2.75, 3.05) is 5.75 Å². The highest BCUT2D eigenvalue weighted by Gasteiger charge is 2.36. The minimum Gasteiger partial charge on any atom is -0.480 e. The first kappa shape index (κ1) is 14.9. The van der Waals surface area contributed by atoms with E-state index >= 15 is 0 Å². The van der Waals surface area contributed by atoms with E-state index in [1.54, 1.807) is 24.3 Å². The molecule has 1 amide bonds. The summed E-state index contributed by atoms with van der Waals surface area (Å²) in [5, 5.41) is 14.9. The van der Waals surface area contributed by atoms with Crippen LogP contribution in [0.1, 0.15) is 18.4 Å². The highest BCUT2D eigenvalue weighted by Crippen LogP contribution is 2.25. The fraction of sp³-hybridized carbons (Fsp3) is 0.308. The third-order valence-electron chi connectivity index (χ3n) is 2.96. The number of nitrogens with zero attached hydrogens (tertiary/aromatic N) is 2. The van der Waals surface area contributed by atoms with Crippen molar-refractivity contribution in [1.29, 1.82) is 0 Å². The zero-order valence-electron chi connectivity index (χ0n) is 10.5. The molecule has 0 bridgehead atoms. The quantitative estimate of drug-likeness (QED) is 0.836. The Labute approximate surface area is 126 Å². The molecule has 1 aromatic carbocycles. The second-order valence-corrected chi connectivity index (χ2v) is 5.15. The largest absolute Gasteiger partial charge is 0.480 e. The Bertz CT molecular complexity index is 576. The van der Waals surface area contributed by atoms with Crippen molar-refractivity contribution in [3.8, 4) is 0 Å². The van der Waals surface area contributed by atoms with E-state index in [2.05, 4.69) is 17.7 Å². The number of carbonyl (C=O) groups is 2. The summed E-state index contributed by atoms with van der Waals surface area (Å²) < 4.78 is 0. The van der Waals surface area contributed by atoms with Crippen molar-refractivity contribution in [2.45, 2.75) is 18.9 Å². The second-order valence-electron chi connectivity index (χ2n) is 4.30. The van der Waals surface area contributed by atoms with E-state index in [1.165, 1.54) is 0 Å². The molecule has 2 rings (SSSR count). The van der Waals surface area contributed by atoms with Gasteiger partial charge in [0, 0.05) is 23.4 Å². The molecule has 1 atom stereocenters. The summed E-state index contributed by atoms with van der Waals surface area (Å²) in [4.78, 5) is 23.2. The number of benzene rings is 1. The summed E-state index contributed by atoms with van der Waals surface area (Å²) in [5.41, 5.74) is 1.16. The van der Waals surface area contributed by atoms with Crippen LogP contribution >= 0.6 is 24.2 Å². The summed E-state index contributed by atoms with van der Waals surface area (Å²) in [6.07, 6.45) is 0.295. The third kappa shape index (κ3) is 2.96. The maximum absolute atomic E-state index is 11.9. The standard InChI is InChI=1S/C13H13ClN2O3S/c14-9-4-2-1-3-8(9)10-7-11(13(18)19)16(15-10)12(17)5-6-20/h1-4,11,20H,5-7H2,(H,18,19). The zero-order valence-corrected chi connectivity index (χ0v) is 12.1. The molecule has 5 nitrogen and oxygen atoms in total.